The van der Waals surface area contributed by atoms with E-state index < -0.39 is 28.0 Å². The van der Waals surface area contributed by atoms with Gasteiger partial charge in [-0.1, -0.05) is 0 Å². The molecule has 9 heteroatoms. The fraction of sp³-hybridized carbons (Fsp3) is 0.182. The summed E-state index contributed by atoms with van der Waals surface area (Å²) in [5, 5.41) is 10.8. The van der Waals surface area contributed by atoms with Crippen LogP contribution in [-0.4, -0.2) is 20.7 Å². The lowest BCUT2D eigenvalue weighted by atomic mass is 10.0. The Bertz CT molecular complexity index is 691. The number of hydrogen-bond acceptors (Lipinski definition) is 7. The highest BCUT2D eigenvalue weighted by atomic mass is 16.6. The van der Waals surface area contributed by atoms with E-state index in [2.05, 4.69) is 9.97 Å². The number of Topliss-reactive ketones (excluding diaryl/α,β-unsaturated/α-hetero) is 1. The van der Waals surface area contributed by atoms with Gasteiger partial charge in [-0.2, -0.15) is 0 Å². The van der Waals surface area contributed by atoms with Crippen LogP contribution in [0.2, 0.25) is 0 Å². The molecule has 0 aliphatic rings. The van der Waals surface area contributed by atoms with Crippen LogP contribution in [-0.2, 0) is 11.2 Å². The average molecular weight is 278 g/mol. The molecule has 0 saturated carbocycles. The van der Waals surface area contributed by atoms with Crippen LogP contribution < -0.4 is 11.3 Å². The number of nitrogens with zero attached hydrogens (tertiary/aromatic N) is 2. The van der Waals surface area contributed by atoms with Gasteiger partial charge in [0.15, 0.2) is 5.78 Å². The van der Waals surface area contributed by atoms with Crippen molar-refractivity contribution in [3.8, 4) is 0 Å². The van der Waals surface area contributed by atoms with Crippen LogP contribution in [0.4, 0.5) is 5.69 Å². The second-order valence-corrected chi connectivity index (χ2v) is 3.92. The van der Waals surface area contributed by atoms with Crippen LogP contribution >= 0.6 is 0 Å². The van der Waals surface area contributed by atoms with E-state index in [1.165, 1.54) is 6.26 Å². The van der Waals surface area contributed by atoms with E-state index in [-0.39, 0.29) is 12.1 Å². The summed E-state index contributed by atoms with van der Waals surface area (Å²) in [6.45, 7) is 0. The fourth-order valence-corrected chi connectivity index (χ4v) is 1.66. The predicted octanol–water partition coefficient (Wildman–Crippen LogP) is 0.0827. The normalized spacial score (nSPS) is 12.1. The SMILES string of the molecule is NC(C(=O)Cc1ccco1)c1nc[nH]c(=O)c1[N+](=O)[O-]. The number of carbonyl (C=O) groups is 1. The molecule has 2 aromatic heterocycles. The molecule has 0 aliphatic heterocycles. The monoisotopic (exact) mass is 278 g/mol. The molecule has 1 atom stereocenters. The van der Waals surface area contributed by atoms with E-state index in [4.69, 9.17) is 10.2 Å². The summed E-state index contributed by atoms with van der Waals surface area (Å²) in [6, 6.07) is 1.80. The van der Waals surface area contributed by atoms with Crippen molar-refractivity contribution in [3.63, 3.8) is 0 Å². The molecule has 0 spiro atoms. The Morgan fingerprint density at radius 3 is 2.95 bits per heavy atom. The molecule has 0 fully saturated rings. The van der Waals surface area contributed by atoms with Gasteiger partial charge in [0.1, 0.15) is 17.5 Å². The van der Waals surface area contributed by atoms with Crippen LogP contribution in [0.15, 0.2) is 33.9 Å². The molecule has 0 aliphatic carbocycles. The lowest BCUT2D eigenvalue weighted by molar-refractivity contribution is -0.387. The van der Waals surface area contributed by atoms with Crippen molar-refractivity contribution < 1.29 is 14.1 Å². The van der Waals surface area contributed by atoms with Gasteiger partial charge in [0.2, 0.25) is 0 Å². The van der Waals surface area contributed by atoms with Gasteiger partial charge in [0.05, 0.1) is 23.9 Å². The minimum Gasteiger partial charge on any atom is -0.469 e. The number of aromatic nitrogens is 2. The fourth-order valence-electron chi connectivity index (χ4n) is 1.66. The average Bonchev–Trinajstić information content (AvgIpc) is 2.89. The Kier molecular flexibility index (Phi) is 3.71. The van der Waals surface area contributed by atoms with Crippen LogP contribution in [0.3, 0.4) is 0 Å². The summed E-state index contributed by atoms with van der Waals surface area (Å²) >= 11 is 0. The summed E-state index contributed by atoms with van der Waals surface area (Å²) in [7, 11) is 0. The van der Waals surface area contributed by atoms with Crippen molar-refractivity contribution in [2.24, 2.45) is 5.73 Å². The number of nitrogens with two attached hydrogens (primary N) is 1. The first kappa shape index (κ1) is 13.6. The van der Waals surface area contributed by atoms with Crippen molar-refractivity contribution in [1.82, 2.24) is 9.97 Å². The number of H-pyrrole nitrogens is 1. The first-order chi connectivity index (χ1) is 9.50. The van der Waals surface area contributed by atoms with Gasteiger partial charge in [-0.25, -0.2) is 4.98 Å². The van der Waals surface area contributed by atoms with E-state index in [0.717, 1.165) is 6.33 Å². The van der Waals surface area contributed by atoms with Gasteiger partial charge in [-0.05, 0) is 12.1 Å². The molecule has 0 amide bonds. The van der Waals surface area contributed by atoms with E-state index in [1.807, 2.05) is 0 Å². The summed E-state index contributed by atoms with van der Waals surface area (Å²) in [4.78, 5) is 39.0. The molecule has 20 heavy (non-hydrogen) atoms. The Hall–Kier alpha value is -2.81. The molecule has 2 rings (SSSR count). The number of ketones is 1. The number of nitrogens with one attached hydrogen (secondary N) is 1. The van der Waals surface area contributed by atoms with Gasteiger partial charge in [0.25, 0.3) is 0 Å². The Balaban J connectivity index is 2.31. The summed E-state index contributed by atoms with van der Waals surface area (Å²) < 4.78 is 4.99. The molecule has 0 aromatic carbocycles. The predicted molar refractivity (Wildman–Crippen MR) is 65.9 cm³/mol. The van der Waals surface area contributed by atoms with Crippen LogP contribution in [0.25, 0.3) is 0 Å². The second kappa shape index (κ2) is 5.45. The van der Waals surface area contributed by atoms with Crippen LogP contribution in [0.5, 0.6) is 0 Å². The molecule has 0 bridgehead atoms. The van der Waals surface area contributed by atoms with E-state index in [9.17, 15) is 19.7 Å². The van der Waals surface area contributed by atoms with E-state index >= 15 is 0 Å². The molecular weight excluding hydrogens is 268 g/mol. The molecule has 0 radical (unpaired) electrons. The quantitative estimate of drug-likeness (QED) is 0.581. The highest BCUT2D eigenvalue weighted by Gasteiger charge is 2.29. The summed E-state index contributed by atoms with van der Waals surface area (Å²) in [6.07, 6.45) is 2.21. The molecule has 1 unspecified atom stereocenters. The first-order valence-corrected chi connectivity index (χ1v) is 5.53. The zero-order chi connectivity index (χ0) is 14.7. The highest BCUT2D eigenvalue weighted by molar-refractivity contribution is 5.87. The Labute approximate surface area is 111 Å². The van der Waals surface area contributed by atoms with Gasteiger partial charge in [-0.3, -0.25) is 19.7 Å². The van der Waals surface area contributed by atoms with Gasteiger partial charge in [-0.15, -0.1) is 0 Å². The van der Waals surface area contributed by atoms with Crippen molar-refractivity contribution in [3.05, 3.63) is 56.6 Å². The molecule has 9 nitrogen and oxygen atoms in total. The summed E-state index contributed by atoms with van der Waals surface area (Å²) in [5.41, 5.74) is 3.50. The smallest absolute Gasteiger partial charge is 0.357 e. The van der Waals surface area contributed by atoms with Gasteiger partial charge < -0.3 is 15.1 Å². The van der Waals surface area contributed by atoms with Gasteiger partial charge >= 0.3 is 11.2 Å². The number of nitro groups is 1. The second-order valence-electron chi connectivity index (χ2n) is 3.92. The third kappa shape index (κ3) is 2.62. The molecule has 2 aromatic rings. The molecule has 104 valence electrons. The van der Waals surface area contributed by atoms with Crippen LogP contribution in [0, 0.1) is 10.1 Å². The molecule has 0 saturated heterocycles. The largest absolute Gasteiger partial charge is 0.469 e. The van der Waals surface area contributed by atoms with Crippen molar-refractivity contribution >= 4 is 11.5 Å². The number of furan rings is 1. The molecule has 2 heterocycles. The standard InChI is InChI=1S/C11H10N4O5/c12-8(7(16)4-6-2-1-3-20-6)9-10(15(18)19)11(17)14-5-13-9/h1-3,5,8H,4,12H2,(H,13,14,17). The minimum absolute atomic E-state index is 0.139. The number of carbonyl (C=O) groups excluding carboxylic acids is 1. The molecule has 3 N–H and O–H groups in total. The number of rotatable bonds is 5. The maximum Gasteiger partial charge on any atom is 0.357 e. The number of hydrogen-bond donors (Lipinski definition) is 2. The maximum absolute atomic E-state index is 11.9. The third-order valence-corrected chi connectivity index (χ3v) is 2.61. The van der Waals surface area contributed by atoms with E-state index in [1.54, 1.807) is 12.1 Å². The third-order valence-electron chi connectivity index (χ3n) is 2.61. The van der Waals surface area contributed by atoms with Crippen molar-refractivity contribution in [1.29, 1.82) is 0 Å². The minimum atomic E-state index is -1.37. The zero-order valence-corrected chi connectivity index (χ0v) is 10.1. The van der Waals surface area contributed by atoms with Crippen LogP contribution in [0.1, 0.15) is 17.5 Å². The number of aromatic amines is 1. The Morgan fingerprint density at radius 2 is 2.35 bits per heavy atom. The van der Waals surface area contributed by atoms with Crippen molar-refractivity contribution in [2.45, 2.75) is 12.5 Å². The summed E-state index contributed by atoms with van der Waals surface area (Å²) in [5.74, 6) is -0.168. The maximum atomic E-state index is 11.9. The topological polar surface area (TPSA) is 145 Å². The first-order valence-electron chi connectivity index (χ1n) is 5.53. The molecular formula is C11H10N4O5. The zero-order valence-electron chi connectivity index (χ0n) is 10.1. The lowest BCUT2D eigenvalue weighted by Crippen LogP contribution is -2.28. The highest BCUT2D eigenvalue weighted by Crippen LogP contribution is 2.18. The van der Waals surface area contributed by atoms with Crippen molar-refractivity contribution in [2.75, 3.05) is 0 Å². The lowest BCUT2D eigenvalue weighted by Gasteiger charge is -2.08. The van der Waals surface area contributed by atoms with Gasteiger partial charge in [0, 0.05) is 0 Å². The Morgan fingerprint density at radius 1 is 1.60 bits per heavy atom. The van der Waals surface area contributed by atoms with E-state index in [0.29, 0.717) is 5.76 Å².